The summed E-state index contributed by atoms with van der Waals surface area (Å²) in [4.78, 5) is 2.34. The molecule has 2 aromatic carbocycles. The van der Waals surface area contributed by atoms with Crippen LogP contribution in [0.25, 0.3) is 0 Å². The number of nitrogens with zero attached hydrogens (tertiary/aromatic N) is 1. The first-order chi connectivity index (χ1) is 14.5. The van der Waals surface area contributed by atoms with Crippen LogP contribution in [-0.4, -0.2) is 44.8 Å². The third kappa shape index (κ3) is 6.49. The van der Waals surface area contributed by atoms with E-state index in [1.165, 1.54) is 12.1 Å². The van der Waals surface area contributed by atoms with Crippen molar-refractivity contribution in [2.75, 3.05) is 39.9 Å². The molecule has 4 nitrogen and oxygen atoms in total. The highest BCUT2D eigenvalue weighted by Crippen LogP contribution is 2.32. The zero-order valence-electron chi connectivity index (χ0n) is 16.9. The Hall–Kier alpha value is -2.53. The molecule has 0 aliphatic carbocycles. The molecule has 1 aliphatic rings. The quantitative estimate of drug-likeness (QED) is 0.710. The van der Waals surface area contributed by atoms with Gasteiger partial charge in [-0.15, -0.1) is 0 Å². The minimum absolute atomic E-state index is 0.352. The van der Waals surface area contributed by atoms with Gasteiger partial charge in [0.1, 0.15) is 11.5 Å². The number of alkyl halides is 3. The number of rotatable bonds is 6. The molecule has 160 valence electrons. The zero-order valence-corrected chi connectivity index (χ0v) is 16.9. The van der Waals surface area contributed by atoms with Crippen molar-refractivity contribution >= 4 is 0 Å². The number of hydrogen-bond donors (Lipinski definition) is 1. The molecule has 7 heteroatoms. The lowest BCUT2D eigenvalue weighted by Crippen LogP contribution is -2.36. The second kappa shape index (κ2) is 10.5. The summed E-state index contributed by atoms with van der Waals surface area (Å²) < 4.78 is 49.3. The van der Waals surface area contributed by atoms with Crippen molar-refractivity contribution in [2.45, 2.75) is 19.1 Å². The van der Waals surface area contributed by atoms with Gasteiger partial charge in [0.15, 0.2) is 0 Å². The van der Waals surface area contributed by atoms with Gasteiger partial charge in [0.05, 0.1) is 18.8 Å². The summed E-state index contributed by atoms with van der Waals surface area (Å²) in [6, 6.07) is 10.3. The summed E-state index contributed by atoms with van der Waals surface area (Å²) in [5, 5.41) is 3.08. The van der Waals surface area contributed by atoms with Crippen molar-refractivity contribution in [3.63, 3.8) is 0 Å². The average molecular weight is 418 g/mol. The Morgan fingerprint density at radius 1 is 1.10 bits per heavy atom. The van der Waals surface area contributed by atoms with Crippen LogP contribution in [0.3, 0.4) is 0 Å². The maximum absolute atomic E-state index is 12.7. The molecule has 0 radical (unpaired) electrons. The lowest BCUT2D eigenvalue weighted by atomic mass is 10.1. The van der Waals surface area contributed by atoms with Gasteiger partial charge in [0.25, 0.3) is 0 Å². The SMILES string of the molecule is CNCc1cc(C#CCCN2CCOCC2)ccc1Oc1ccc(C(F)(F)F)cc1. The molecule has 1 N–H and O–H groups in total. The molecule has 1 heterocycles. The van der Waals surface area contributed by atoms with Crippen molar-refractivity contribution in [1.29, 1.82) is 0 Å². The number of benzene rings is 2. The predicted molar refractivity (Wildman–Crippen MR) is 109 cm³/mol. The van der Waals surface area contributed by atoms with Crippen LogP contribution in [0.4, 0.5) is 13.2 Å². The molecular formula is C23H25F3N2O2. The van der Waals surface area contributed by atoms with Gasteiger partial charge in [0, 0.05) is 43.7 Å². The third-order valence-corrected chi connectivity index (χ3v) is 4.73. The fraction of sp³-hybridized carbons (Fsp3) is 0.391. The summed E-state index contributed by atoms with van der Waals surface area (Å²) in [5.41, 5.74) is 1.06. The van der Waals surface area contributed by atoms with E-state index in [0.717, 1.165) is 62.5 Å². The molecule has 1 saturated heterocycles. The first-order valence-corrected chi connectivity index (χ1v) is 9.87. The van der Waals surface area contributed by atoms with Crippen molar-refractivity contribution in [3.8, 4) is 23.3 Å². The third-order valence-electron chi connectivity index (χ3n) is 4.73. The summed E-state index contributed by atoms with van der Waals surface area (Å²) in [6.07, 6.45) is -3.58. The van der Waals surface area contributed by atoms with Gasteiger partial charge in [-0.3, -0.25) is 4.90 Å². The van der Waals surface area contributed by atoms with Crippen LogP contribution in [0.2, 0.25) is 0 Å². The van der Waals surface area contributed by atoms with E-state index in [4.69, 9.17) is 9.47 Å². The highest BCUT2D eigenvalue weighted by Gasteiger charge is 2.30. The molecule has 30 heavy (non-hydrogen) atoms. The van der Waals surface area contributed by atoms with Gasteiger partial charge >= 0.3 is 6.18 Å². The Kier molecular flexibility index (Phi) is 7.75. The summed E-state index contributed by atoms with van der Waals surface area (Å²) in [5.74, 6) is 7.33. The van der Waals surface area contributed by atoms with E-state index in [0.29, 0.717) is 18.0 Å². The lowest BCUT2D eigenvalue weighted by Gasteiger charge is -2.25. The molecule has 0 amide bonds. The van der Waals surface area contributed by atoms with E-state index in [-0.39, 0.29) is 0 Å². The topological polar surface area (TPSA) is 33.7 Å². The van der Waals surface area contributed by atoms with Crippen molar-refractivity contribution in [3.05, 3.63) is 59.2 Å². The van der Waals surface area contributed by atoms with Gasteiger partial charge < -0.3 is 14.8 Å². The van der Waals surface area contributed by atoms with Crippen LogP contribution in [0, 0.1) is 11.8 Å². The molecule has 0 spiro atoms. The van der Waals surface area contributed by atoms with E-state index < -0.39 is 11.7 Å². The first-order valence-electron chi connectivity index (χ1n) is 9.87. The molecule has 0 atom stereocenters. The average Bonchev–Trinajstić information content (AvgIpc) is 2.74. The molecule has 0 unspecified atom stereocenters. The minimum atomic E-state index is -4.36. The first kappa shape index (κ1) is 22.2. The number of nitrogens with one attached hydrogen (secondary N) is 1. The highest BCUT2D eigenvalue weighted by atomic mass is 19.4. The Balaban J connectivity index is 1.65. The Labute approximate surface area is 175 Å². The van der Waals surface area contributed by atoms with Crippen LogP contribution in [0.5, 0.6) is 11.5 Å². The van der Waals surface area contributed by atoms with Crippen LogP contribution in [0.15, 0.2) is 42.5 Å². The maximum Gasteiger partial charge on any atom is 0.416 e. The number of morpholine rings is 1. The molecule has 3 rings (SSSR count). The van der Waals surface area contributed by atoms with Gasteiger partial charge in [-0.2, -0.15) is 13.2 Å². The standard InChI is InChI=1S/C23H25F3N2O2/c1-27-17-19-16-18(4-2-3-11-28-12-14-29-15-13-28)5-10-22(19)30-21-8-6-20(7-9-21)23(24,25)26/h5-10,16,27H,3,11-15,17H2,1H3. The molecule has 0 aromatic heterocycles. The molecule has 1 fully saturated rings. The summed E-state index contributed by atoms with van der Waals surface area (Å²) in [7, 11) is 1.82. The Morgan fingerprint density at radius 2 is 1.83 bits per heavy atom. The normalized spacial score (nSPS) is 14.8. The molecule has 1 aliphatic heterocycles. The number of hydrogen-bond acceptors (Lipinski definition) is 4. The van der Waals surface area contributed by atoms with E-state index in [2.05, 4.69) is 22.1 Å². The van der Waals surface area contributed by atoms with Gasteiger partial charge in [-0.25, -0.2) is 0 Å². The van der Waals surface area contributed by atoms with E-state index in [1.807, 2.05) is 19.2 Å². The molecule has 2 aromatic rings. The summed E-state index contributed by atoms with van der Waals surface area (Å²) >= 11 is 0. The fourth-order valence-corrected chi connectivity index (χ4v) is 3.13. The Morgan fingerprint density at radius 3 is 2.50 bits per heavy atom. The second-order valence-corrected chi connectivity index (χ2v) is 6.98. The van der Waals surface area contributed by atoms with Gasteiger partial charge in [-0.1, -0.05) is 11.8 Å². The zero-order chi connectivity index (χ0) is 21.4. The van der Waals surface area contributed by atoms with Crippen LogP contribution >= 0.6 is 0 Å². The fourth-order valence-electron chi connectivity index (χ4n) is 3.13. The predicted octanol–water partition coefficient (Wildman–Crippen LogP) is 4.29. The largest absolute Gasteiger partial charge is 0.457 e. The minimum Gasteiger partial charge on any atom is -0.457 e. The molecular weight excluding hydrogens is 393 g/mol. The van der Waals surface area contributed by atoms with Gasteiger partial charge in [-0.05, 0) is 49.5 Å². The summed E-state index contributed by atoms with van der Waals surface area (Å²) in [6.45, 7) is 4.94. The van der Waals surface area contributed by atoms with E-state index in [9.17, 15) is 13.2 Å². The second-order valence-electron chi connectivity index (χ2n) is 6.98. The van der Waals surface area contributed by atoms with E-state index >= 15 is 0 Å². The van der Waals surface area contributed by atoms with Crippen LogP contribution in [-0.2, 0) is 17.5 Å². The molecule has 0 saturated carbocycles. The van der Waals surface area contributed by atoms with Crippen LogP contribution < -0.4 is 10.1 Å². The maximum atomic E-state index is 12.7. The van der Waals surface area contributed by atoms with Crippen molar-refractivity contribution in [2.24, 2.45) is 0 Å². The monoisotopic (exact) mass is 418 g/mol. The number of halogens is 3. The van der Waals surface area contributed by atoms with Crippen molar-refractivity contribution in [1.82, 2.24) is 10.2 Å². The lowest BCUT2D eigenvalue weighted by molar-refractivity contribution is -0.137. The smallest absolute Gasteiger partial charge is 0.416 e. The number of ether oxygens (including phenoxy) is 2. The van der Waals surface area contributed by atoms with Crippen molar-refractivity contribution < 1.29 is 22.6 Å². The van der Waals surface area contributed by atoms with E-state index in [1.54, 1.807) is 6.07 Å². The van der Waals surface area contributed by atoms with Crippen LogP contribution in [0.1, 0.15) is 23.1 Å². The highest BCUT2D eigenvalue weighted by molar-refractivity contribution is 5.46. The Bertz CT molecular complexity index is 880. The molecule has 0 bridgehead atoms. The van der Waals surface area contributed by atoms with Gasteiger partial charge in [0.2, 0.25) is 0 Å².